The van der Waals surface area contributed by atoms with Crippen LogP contribution in [-0.2, 0) is 9.59 Å². The topological polar surface area (TPSA) is 62.6 Å². The van der Waals surface area contributed by atoms with Crippen molar-refractivity contribution in [2.45, 2.75) is 13.0 Å². The molecule has 0 unspecified atom stereocenters. The zero-order valence-electron chi connectivity index (χ0n) is 13.3. The average molecular weight is 342 g/mol. The zero-order valence-corrected chi connectivity index (χ0v) is 14.1. The molecule has 6 heteroatoms. The van der Waals surface area contributed by atoms with Crippen LogP contribution < -0.4 is 5.32 Å². The Morgan fingerprint density at radius 1 is 1.29 bits per heavy atom. The summed E-state index contributed by atoms with van der Waals surface area (Å²) >= 11 is 1.57. The third-order valence-corrected chi connectivity index (χ3v) is 4.82. The van der Waals surface area contributed by atoms with Gasteiger partial charge in [0.25, 0.3) is 0 Å². The third-order valence-electron chi connectivity index (χ3n) is 3.80. The standard InChI is InChI=1S/C18H18N2O3S/c1-13-5-2-3-7-15(13)19-18(22)16-11-24-12-20(16)17(21)9-8-14-6-4-10-23-14/h2-10,16H,11-12H2,1H3,(H,19,22)/b9-8+/t16-/m0/s1. The molecule has 0 aliphatic carbocycles. The molecule has 1 saturated heterocycles. The van der Waals surface area contributed by atoms with E-state index in [1.54, 1.807) is 41.1 Å². The molecule has 124 valence electrons. The van der Waals surface area contributed by atoms with Crippen molar-refractivity contribution >= 4 is 35.3 Å². The molecule has 1 aliphatic heterocycles. The van der Waals surface area contributed by atoms with Crippen molar-refractivity contribution in [3.63, 3.8) is 0 Å². The Labute approximate surface area is 144 Å². The van der Waals surface area contributed by atoms with Crippen LogP contribution in [0, 0.1) is 6.92 Å². The van der Waals surface area contributed by atoms with Crippen LogP contribution in [0.25, 0.3) is 6.08 Å². The number of hydrogen-bond donors (Lipinski definition) is 1. The Morgan fingerprint density at radius 2 is 2.12 bits per heavy atom. The molecule has 1 fully saturated rings. The average Bonchev–Trinajstić information content (AvgIpc) is 3.26. The summed E-state index contributed by atoms with van der Waals surface area (Å²) in [5, 5.41) is 2.92. The van der Waals surface area contributed by atoms with Crippen LogP contribution in [-0.4, -0.2) is 34.4 Å². The number of anilines is 1. The minimum Gasteiger partial charge on any atom is -0.465 e. The molecule has 24 heavy (non-hydrogen) atoms. The molecule has 2 aromatic rings. The minimum absolute atomic E-state index is 0.158. The van der Waals surface area contributed by atoms with Crippen LogP contribution in [0.1, 0.15) is 11.3 Å². The van der Waals surface area contributed by atoms with Crippen molar-refractivity contribution in [2.75, 3.05) is 16.9 Å². The van der Waals surface area contributed by atoms with E-state index in [1.807, 2.05) is 31.2 Å². The van der Waals surface area contributed by atoms with Gasteiger partial charge < -0.3 is 14.6 Å². The van der Waals surface area contributed by atoms with Gasteiger partial charge in [-0.15, -0.1) is 11.8 Å². The van der Waals surface area contributed by atoms with Crippen LogP contribution in [0.5, 0.6) is 0 Å². The second-order valence-corrected chi connectivity index (χ2v) is 6.48. The molecule has 5 nitrogen and oxygen atoms in total. The number of nitrogens with one attached hydrogen (secondary N) is 1. The van der Waals surface area contributed by atoms with Crippen LogP contribution in [0.4, 0.5) is 5.69 Å². The largest absolute Gasteiger partial charge is 0.465 e. The van der Waals surface area contributed by atoms with Crippen molar-refractivity contribution in [3.05, 3.63) is 60.1 Å². The number of furan rings is 1. The van der Waals surface area contributed by atoms with E-state index in [-0.39, 0.29) is 11.8 Å². The first-order valence-electron chi connectivity index (χ1n) is 7.61. The lowest BCUT2D eigenvalue weighted by Gasteiger charge is -2.22. The summed E-state index contributed by atoms with van der Waals surface area (Å²) in [6.45, 7) is 1.94. The smallest absolute Gasteiger partial charge is 0.248 e. The van der Waals surface area contributed by atoms with Gasteiger partial charge >= 0.3 is 0 Å². The number of thioether (sulfide) groups is 1. The van der Waals surface area contributed by atoms with Gasteiger partial charge in [-0.05, 0) is 36.8 Å². The normalized spacial score (nSPS) is 17.4. The molecule has 0 bridgehead atoms. The van der Waals surface area contributed by atoms with E-state index in [0.717, 1.165) is 11.3 Å². The first kappa shape index (κ1) is 16.4. The van der Waals surface area contributed by atoms with E-state index in [0.29, 0.717) is 17.4 Å². The summed E-state index contributed by atoms with van der Waals surface area (Å²) in [5.41, 5.74) is 1.77. The van der Waals surface area contributed by atoms with Gasteiger partial charge in [-0.1, -0.05) is 18.2 Å². The van der Waals surface area contributed by atoms with E-state index >= 15 is 0 Å². The highest BCUT2D eigenvalue weighted by Crippen LogP contribution is 2.23. The highest BCUT2D eigenvalue weighted by Gasteiger charge is 2.33. The number of amides is 2. The number of para-hydroxylation sites is 1. The summed E-state index contributed by atoms with van der Waals surface area (Å²) in [4.78, 5) is 26.5. The molecule has 0 radical (unpaired) electrons. The second-order valence-electron chi connectivity index (χ2n) is 5.48. The number of carbonyl (C=O) groups is 2. The Balaban J connectivity index is 1.67. The molecule has 2 amide bonds. The number of hydrogen-bond acceptors (Lipinski definition) is 4. The Kier molecular flexibility index (Phi) is 5.05. The number of benzene rings is 1. The number of rotatable bonds is 4. The summed E-state index contributed by atoms with van der Waals surface area (Å²) in [5.74, 6) is 1.36. The SMILES string of the molecule is Cc1ccccc1NC(=O)[C@@H]1CSCN1C(=O)/C=C/c1ccco1. The zero-order chi connectivity index (χ0) is 16.9. The molecule has 3 rings (SSSR count). The van der Waals surface area contributed by atoms with Gasteiger partial charge in [0.2, 0.25) is 11.8 Å². The lowest BCUT2D eigenvalue weighted by atomic mass is 10.2. The molecular formula is C18H18N2O3S. The highest BCUT2D eigenvalue weighted by molar-refractivity contribution is 7.99. The Hall–Kier alpha value is -2.47. The van der Waals surface area contributed by atoms with Crippen LogP contribution in [0.3, 0.4) is 0 Å². The summed E-state index contributed by atoms with van der Waals surface area (Å²) in [7, 11) is 0. The van der Waals surface area contributed by atoms with Gasteiger partial charge in [0.15, 0.2) is 0 Å². The van der Waals surface area contributed by atoms with Gasteiger partial charge in [0.05, 0.1) is 12.1 Å². The van der Waals surface area contributed by atoms with Crippen molar-refractivity contribution in [3.8, 4) is 0 Å². The Bertz CT molecular complexity index is 755. The lowest BCUT2D eigenvalue weighted by Crippen LogP contribution is -2.44. The lowest BCUT2D eigenvalue weighted by molar-refractivity contribution is -0.132. The molecule has 2 heterocycles. The van der Waals surface area contributed by atoms with Gasteiger partial charge in [0, 0.05) is 17.5 Å². The summed E-state index contributed by atoms with van der Waals surface area (Å²) < 4.78 is 5.17. The number of carbonyl (C=O) groups excluding carboxylic acids is 2. The molecule has 1 aromatic carbocycles. The predicted octanol–water partition coefficient (Wildman–Crippen LogP) is 3.14. The van der Waals surface area contributed by atoms with Gasteiger partial charge in [-0.25, -0.2) is 0 Å². The maximum Gasteiger partial charge on any atom is 0.248 e. The summed E-state index contributed by atoms with van der Waals surface area (Å²) in [6.07, 6.45) is 4.61. The van der Waals surface area contributed by atoms with Gasteiger partial charge in [-0.2, -0.15) is 0 Å². The number of nitrogens with zero attached hydrogens (tertiary/aromatic N) is 1. The van der Waals surface area contributed by atoms with Gasteiger partial charge in [0.1, 0.15) is 11.8 Å². The van der Waals surface area contributed by atoms with Crippen LogP contribution in [0.15, 0.2) is 53.2 Å². The molecule has 1 N–H and O–H groups in total. The van der Waals surface area contributed by atoms with Crippen molar-refractivity contribution in [1.29, 1.82) is 0 Å². The molecule has 1 atom stereocenters. The van der Waals surface area contributed by atoms with Crippen molar-refractivity contribution < 1.29 is 14.0 Å². The van der Waals surface area contributed by atoms with Crippen LogP contribution >= 0.6 is 11.8 Å². The third kappa shape index (κ3) is 3.71. The Morgan fingerprint density at radius 3 is 2.88 bits per heavy atom. The van der Waals surface area contributed by atoms with E-state index in [2.05, 4.69) is 5.32 Å². The molecule has 0 saturated carbocycles. The van der Waals surface area contributed by atoms with Crippen LogP contribution in [0.2, 0.25) is 0 Å². The fourth-order valence-electron chi connectivity index (χ4n) is 2.44. The molecule has 1 aromatic heterocycles. The molecule has 0 spiro atoms. The highest BCUT2D eigenvalue weighted by atomic mass is 32.2. The second kappa shape index (κ2) is 7.40. The predicted molar refractivity (Wildman–Crippen MR) is 95.5 cm³/mol. The fourth-order valence-corrected chi connectivity index (χ4v) is 3.61. The molecule has 1 aliphatic rings. The first-order valence-corrected chi connectivity index (χ1v) is 8.77. The number of aryl methyl sites for hydroxylation is 1. The van der Waals surface area contributed by atoms with E-state index in [1.165, 1.54) is 6.08 Å². The maximum atomic E-state index is 12.6. The van der Waals surface area contributed by atoms with E-state index < -0.39 is 6.04 Å². The minimum atomic E-state index is -0.469. The first-order chi connectivity index (χ1) is 11.6. The monoisotopic (exact) mass is 342 g/mol. The molecular weight excluding hydrogens is 324 g/mol. The fraction of sp³-hybridized carbons (Fsp3) is 0.222. The van der Waals surface area contributed by atoms with E-state index in [9.17, 15) is 9.59 Å². The summed E-state index contributed by atoms with van der Waals surface area (Å²) in [6, 6.07) is 10.7. The van der Waals surface area contributed by atoms with Crippen molar-refractivity contribution in [2.24, 2.45) is 0 Å². The van der Waals surface area contributed by atoms with Gasteiger partial charge in [-0.3, -0.25) is 9.59 Å². The van der Waals surface area contributed by atoms with E-state index in [4.69, 9.17) is 4.42 Å². The maximum absolute atomic E-state index is 12.6. The van der Waals surface area contributed by atoms with Crippen molar-refractivity contribution in [1.82, 2.24) is 4.90 Å². The quantitative estimate of drug-likeness (QED) is 0.867.